The molecule has 1 rings (SSSR count). The zero-order valence-electron chi connectivity index (χ0n) is 9.12. The fourth-order valence-electron chi connectivity index (χ4n) is 0.986. The Morgan fingerprint density at radius 2 is 1.94 bits per heavy atom. The monoisotopic (exact) mass is 285 g/mol. The highest BCUT2D eigenvalue weighted by Crippen LogP contribution is 2.34. The highest BCUT2D eigenvalue weighted by Gasteiger charge is 2.31. The Morgan fingerprint density at radius 3 is 2.41 bits per heavy atom. The minimum atomic E-state index is -4.45. The Morgan fingerprint density at radius 1 is 1.35 bits per heavy atom. The first-order valence-corrected chi connectivity index (χ1v) is 6.05. The molecule has 1 N–H and O–H groups in total. The van der Waals surface area contributed by atoms with Gasteiger partial charge in [0.15, 0.2) is 0 Å². The third-order valence-corrected chi connectivity index (χ3v) is 3.49. The zero-order valence-corrected chi connectivity index (χ0v) is 10.7. The first kappa shape index (κ1) is 14.6. The number of alkyl halides is 3. The SMILES string of the molecule is CC(O)C(C)Sc1cc(C(F)(F)F)cc(Cl)n1. The lowest BCUT2D eigenvalue weighted by molar-refractivity contribution is -0.137. The van der Waals surface area contributed by atoms with E-state index in [1.54, 1.807) is 13.8 Å². The van der Waals surface area contributed by atoms with Crippen LogP contribution in [0.3, 0.4) is 0 Å². The fourth-order valence-corrected chi connectivity index (χ4v) is 2.17. The lowest BCUT2D eigenvalue weighted by Crippen LogP contribution is -2.15. The number of nitrogens with zero attached hydrogens (tertiary/aromatic N) is 1. The quantitative estimate of drug-likeness (QED) is 0.680. The van der Waals surface area contributed by atoms with Crippen LogP contribution in [0.4, 0.5) is 13.2 Å². The maximum Gasteiger partial charge on any atom is 0.416 e. The van der Waals surface area contributed by atoms with Gasteiger partial charge in [0.25, 0.3) is 0 Å². The van der Waals surface area contributed by atoms with E-state index in [2.05, 4.69) is 4.98 Å². The zero-order chi connectivity index (χ0) is 13.2. The fraction of sp³-hybridized carbons (Fsp3) is 0.500. The average molecular weight is 286 g/mol. The molecule has 2 atom stereocenters. The van der Waals surface area contributed by atoms with Gasteiger partial charge in [0.2, 0.25) is 0 Å². The maximum atomic E-state index is 12.5. The minimum Gasteiger partial charge on any atom is -0.392 e. The molecule has 2 unspecified atom stereocenters. The molecule has 0 fully saturated rings. The van der Waals surface area contributed by atoms with Crippen molar-refractivity contribution in [2.75, 3.05) is 0 Å². The van der Waals surface area contributed by atoms with Crippen LogP contribution in [-0.2, 0) is 6.18 Å². The number of aromatic nitrogens is 1. The Kier molecular flexibility index (Phi) is 4.69. The molecule has 0 saturated carbocycles. The van der Waals surface area contributed by atoms with E-state index in [-0.39, 0.29) is 15.4 Å². The molecule has 0 aliphatic carbocycles. The summed E-state index contributed by atoms with van der Waals surface area (Å²) in [5.41, 5.74) is -0.835. The van der Waals surface area contributed by atoms with Crippen molar-refractivity contribution in [3.8, 4) is 0 Å². The summed E-state index contributed by atoms with van der Waals surface area (Å²) >= 11 is 6.58. The van der Waals surface area contributed by atoms with Crippen LogP contribution in [0.25, 0.3) is 0 Å². The molecule has 7 heteroatoms. The molecule has 0 aliphatic rings. The molecule has 0 aromatic carbocycles. The van der Waals surface area contributed by atoms with E-state index in [0.717, 1.165) is 23.9 Å². The standard InChI is InChI=1S/C10H11ClF3NOS/c1-5(16)6(2)17-9-4-7(10(12,13)14)3-8(11)15-9/h3-6,16H,1-2H3. The second-order valence-electron chi connectivity index (χ2n) is 3.58. The van der Waals surface area contributed by atoms with Gasteiger partial charge in [-0.05, 0) is 19.1 Å². The van der Waals surface area contributed by atoms with Crippen LogP contribution in [0.15, 0.2) is 17.2 Å². The Bertz CT molecular complexity index is 398. The predicted molar refractivity (Wildman–Crippen MR) is 61.2 cm³/mol. The van der Waals surface area contributed by atoms with Crippen molar-refractivity contribution in [1.29, 1.82) is 0 Å². The first-order chi connectivity index (χ1) is 7.70. The molecule has 0 saturated heterocycles. The number of hydrogen-bond acceptors (Lipinski definition) is 3. The van der Waals surface area contributed by atoms with Crippen molar-refractivity contribution in [3.63, 3.8) is 0 Å². The second-order valence-corrected chi connectivity index (χ2v) is 5.36. The summed E-state index contributed by atoms with van der Waals surface area (Å²) in [4.78, 5) is 3.79. The Balaban J connectivity index is 2.98. The van der Waals surface area contributed by atoms with E-state index < -0.39 is 17.8 Å². The predicted octanol–water partition coefficient (Wildman–Crippen LogP) is 3.62. The highest BCUT2D eigenvalue weighted by atomic mass is 35.5. The first-order valence-electron chi connectivity index (χ1n) is 4.79. The van der Waals surface area contributed by atoms with Crippen LogP contribution in [0.2, 0.25) is 5.15 Å². The van der Waals surface area contributed by atoms with E-state index in [9.17, 15) is 18.3 Å². The summed E-state index contributed by atoms with van der Waals surface area (Å²) in [5, 5.41) is 8.96. The van der Waals surface area contributed by atoms with Gasteiger partial charge < -0.3 is 5.11 Å². The van der Waals surface area contributed by atoms with Crippen molar-refractivity contribution in [2.24, 2.45) is 0 Å². The van der Waals surface area contributed by atoms with Crippen molar-refractivity contribution in [2.45, 2.75) is 36.4 Å². The maximum absolute atomic E-state index is 12.5. The van der Waals surface area contributed by atoms with E-state index >= 15 is 0 Å². The molecular weight excluding hydrogens is 275 g/mol. The molecule has 0 bridgehead atoms. The second kappa shape index (κ2) is 5.46. The largest absolute Gasteiger partial charge is 0.416 e. The van der Waals surface area contributed by atoms with Gasteiger partial charge in [0.1, 0.15) is 5.15 Å². The number of halogens is 4. The topological polar surface area (TPSA) is 33.1 Å². The summed E-state index contributed by atoms with van der Waals surface area (Å²) in [6.45, 7) is 3.26. The number of hydrogen-bond donors (Lipinski definition) is 1. The van der Waals surface area contributed by atoms with Gasteiger partial charge in [-0.1, -0.05) is 18.5 Å². The van der Waals surface area contributed by atoms with E-state index in [1.807, 2.05) is 0 Å². The molecule has 0 radical (unpaired) electrons. The van der Waals surface area contributed by atoms with Gasteiger partial charge >= 0.3 is 6.18 Å². The molecule has 0 aliphatic heterocycles. The lowest BCUT2D eigenvalue weighted by atomic mass is 10.3. The van der Waals surface area contributed by atoms with Gasteiger partial charge in [-0.2, -0.15) is 13.2 Å². The van der Waals surface area contributed by atoms with Gasteiger partial charge in [-0.15, -0.1) is 11.8 Å². The normalized spacial score (nSPS) is 15.7. The number of rotatable bonds is 3. The summed E-state index contributed by atoms with van der Waals surface area (Å²) in [6.07, 6.45) is -5.09. The van der Waals surface area contributed by atoms with Crippen LogP contribution in [-0.4, -0.2) is 21.4 Å². The number of thioether (sulfide) groups is 1. The summed E-state index contributed by atoms with van der Waals surface area (Å²) < 4.78 is 37.5. The molecule has 1 aromatic heterocycles. The van der Waals surface area contributed by atoms with Crippen LogP contribution < -0.4 is 0 Å². The van der Waals surface area contributed by atoms with E-state index in [1.165, 1.54) is 0 Å². The van der Waals surface area contributed by atoms with Crippen LogP contribution in [0.5, 0.6) is 0 Å². The van der Waals surface area contributed by atoms with Crippen LogP contribution in [0.1, 0.15) is 19.4 Å². The minimum absolute atomic E-state index is 0.151. The van der Waals surface area contributed by atoms with E-state index in [0.29, 0.717) is 0 Å². The smallest absolute Gasteiger partial charge is 0.392 e. The molecule has 2 nitrogen and oxygen atoms in total. The lowest BCUT2D eigenvalue weighted by Gasteiger charge is -2.14. The molecule has 0 amide bonds. The molecule has 1 heterocycles. The third-order valence-electron chi connectivity index (χ3n) is 2.08. The summed E-state index contributed by atoms with van der Waals surface area (Å²) in [6, 6.07) is 1.70. The van der Waals surface area contributed by atoms with Gasteiger partial charge in [0.05, 0.1) is 16.7 Å². The summed E-state index contributed by atoms with van der Waals surface area (Å²) in [5.74, 6) is 0. The van der Waals surface area contributed by atoms with Gasteiger partial charge in [0, 0.05) is 5.25 Å². The van der Waals surface area contributed by atoms with Crippen molar-refractivity contribution in [3.05, 3.63) is 22.8 Å². The highest BCUT2D eigenvalue weighted by molar-refractivity contribution is 7.99. The number of aliphatic hydroxyl groups is 1. The van der Waals surface area contributed by atoms with E-state index in [4.69, 9.17) is 11.6 Å². The number of pyridine rings is 1. The third kappa shape index (κ3) is 4.37. The Hall–Kier alpha value is -0.460. The van der Waals surface area contributed by atoms with Gasteiger partial charge in [-0.25, -0.2) is 4.98 Å². The van der Waals surface area contributed by atoms with Crippen LogP contribution in [0, 0.1) is 0 Å². The van der Waals surface area contributed by atoms with Gasteiger partial charge in [-0.3, -0.25) is 0 Å². The molecule has 96 valence electrons. The van der Waals surface area contributed by atoms with Crippen molar-refractivity contribution >= 4 is 23.4 Å². The molecular formula is C10H11ClF3NOS. The molecule has 17 heavy (non-hydrogen) atoms. The summed E-state index contributed by atoms with van der Waals surface area (Å²) in [7, 11) is 0. The van der Waals surface area contributed by atoms with Crippen LogP contribution >= 0.6 is 23.4 Å². The van der Waals surface area contributed by atoms with Crippen molar-refractivity contribution in [1.82, 2.24) is 4.98 Å². The van der Waals surface area contributed by atoms with Crippen molar-refractivity contribution < 1.29 is 18.3 Å². The molecule has 0 spiro atoms. The molecule has 1 aromatic rings. The average Bonchev–Trinajstić information content (AvgIpc) is 2.15. The Labute approximate surface area is 106 Å². The number of aliphatic hydroxyl groups excluding tert-OH is 1.